The molecule has 0 aliphatic heterocycles. The molecular weight excluding hydrogens is 458 g/mol. The molecule has 184 valence electrons. The Kier molecular flexibility index (Phi) is 9.34. The van der Waals surface area contributed by atoms with Crippen LogP contribution in [-0.4, -0.2) is 44.4 Å². The number of carbonyl (C=O) groups is 3. The molecule has 10 heteroatoms. The van der Waals surface area contributed by atoms with Crippen LogP contribution < -0.4 is 15.4 Å². The molecule has 2 rings (SSSR count). The zero-order chi connectivity index (χ0) is 25.5. The average Bonchev–Trinajstić information content (AvgIpc) is 2.77. The van der Waals surface area contributed by atoms with E-state index in [-0.39, 0.29) is 16.9 Å². The lowest BCUT2D eigenvalue weighted by atomic mass is 10.0. The van der Waals surface area contributed by atoms with Crippen LogP contribution in [0.3, 0.4) is 0 Å². The predicted octanol–water partition coefficient (Wildman–Crippen LogP) is 2.70. The van der Waals surface area contributed by atoms with Crippen LogP contribution in [0.5, 0.6) is 0 Å². The average molecular weight is 490 g/mol. The van der Waals surface area contributed by atoms with Gasteiger partial charge in [-0.05, 0) is 63.1 Å². The van der Waals surface area contributed by atoms with Crippen molar-refractivity contribution in [2.24, 2.45) is 5.92 Å². The molecular formula is C24H31N3O6S. The smallest absolute Gasteiger partial charge is 0.329 e. The van der Waals surface area contributed by atoms with E-state index in [1.807, 2.05) is 0 Å². The molecule has 0 heterocycles. The number of esters is 1. The Hall–Kier alpha value is -3.24. The van der Waals surface area contributed by atoms with E-state index in [0.717, 1.165) is 0 Å². The number of hydrogen-bond acceptors (Lipinski definition) is 6. The first kappa shape index (κ1) is 27.0. The fourth-order valence-electron chi connectivity index (χ4n) is 2.95. The monoisotopic (exact) mass is 489 g/mol. The summed E-state index contributed by atoms with van der Waals surface area (Å²) in [6.45, 7) is 8.35. The molecule has 0 aromatic heterocycles. The predicted molar refractivity (Wildman–Crippen MR) is 129 cm³/mol. The maximum absolute atomic E-state index is 12.7. The highest BCUT2D eigenvalue weighted by Gasteiger charge is 2.29. The molecule has 0 bridgehead atoms. The van der Waals surface area contributed by atoms with Crippen molar-refractivity contribution in [2.45, 2.75) is 57.7 Å². The van der Waals surface area contributed by atoms with Gasteiger partial charge < -0.3 is 15.4 Å². The number of rotatable bonds is 10. The van der Waals surface area contributed by atoms with Crippen molar-refractivity contribution in [3.8, 4) is 0 Å². The minimum Gasteiger partial charge on any atom is -0.451 e. The van der Waals surface area contributed by atoms with Crippen LogP contribution in [0.1, 0.15) is 45.0 Å². The Balaban J connectivity index is 1.99. The number of ether oxygens (including phenoxy) is 1. The lowest BCUT2D eigenvalue weighted by Crippen LogP contribution is -2.47. The summed E-state index contributed by atoms with van der Waals surface area (Å²) >= 11 is 0. The number of nitrogens with one attached hydrogen (secondary N) is 3. The van der Waals surface area contributed by atoms with Gasteiger partial charge in [0.1, 0.15) is 6.04 Å². The minimum atomic E-state index is -3.65. The highest BCUT2D eigenvalue weighted by atomic mass is 32.2. The summed E-state index contributed by atoms with van der Waals surface area (Å²) in [4.78, 5) is 37.7. The van der Waals surface area contributed by atoms with Crippen LogP contribution >= 0.6 is 0 Å². The topological polar surface area (TPSA) is 131 Å². The molecule has 0 saturated heterocycles. The van der Waals surface area contributed by atoms with Gasteiger partial charge in [-0.1, -0.05) is 32.0 Å². The number of carbonyl (C=O) groups excluding carboxylic acids is 3. The number of anilines is 1. The summed E-state index contributed by atoms with van der Waals surface area (Å²) in [5.74, 6) is -2.02. The molecule has 2 unspecified atom stereocenters. The van der Waals surface area contributed by atoms with Crippen molar-refractivity contribution in [3.63, 3.8) is 0 Å². The quantitative estimate of drug-likeness (QED) is 0.440. The molecule has 3 N–H and O–H groups in total. The number of sulfonamides is 1. The molecule has 0 spiro atoms. The molecule has 2 atom stereocenters. The summed E-state index contributed by atoms with van der Waals surface area (Å²) in [7, 11) is -3.65. The van der Waals surface area contributed by atoms with Gasteiger partial charge >= 0.3 is 5.97 Å². The van der Waals surface area contributed by atoms with E-state index < -0.39 is 40.0 Å². The highest BCUT2D eigenvalue weighted by Crippen LogP contribution is 2.15. The lowest BCUT2D eigenvalue weighted by Gasteiger charge is -2.23. The Morgan fingerprint density at radius 3 is 1.97 bits per heavy atom. The van der Waals surface area contributed by atoms with Crippen LogP contribution in [0, 0.1) is 5.92 Å². The maximum Gasteiger partial charge on any atom is 0.329 e. The third-order valence-electron chi connectivity index (χ3n) is 4.73. The molecule has 2 aromatic rings. The third-order valence-corrected chi connectivity index (χ3v) is 6.40. The molecule has 9 nitrogen and oxygen atoms in total. The summed E-state index contributed by atoms with van der Waals surface area (Å²) in [5, 5.41) is 5.23. The number of hydrogen-bond donors (Lipinski definition) is 3. The first-order valence-corrected chi connectivity index (χ1v) is 12.4. The summed E-state index contributed by atoms with van der Waals surface area (Å²) in [6.07, 6.45) is -1.15. The van der Waals surface area contributed by atoms with Gasteiger partial charge in [-0.2, -0.15) is 0 Å². The number of amides is 2. The van der Waals surface area contributed by atoms with E-state index in [4.69, 9.17) is 4.74 Å². The largest absolute Gasteiger partial charge is 0.451 e. The minimum absolute atomic E-state index is 0.0626. The summed E-state index contributed by atoms with van der Waals surface area (Å²) in [6, 6.07) is 12.9. The SMILES string of the molecule is CC(C)NS(=O)(=O)c1ccc(NC(=O)C(C)OC(=O)C(NC(=O)c2ccccc2)C(C)C)cc1. The van der Waals surface area contributed by atoms with Crippen molar-refractivity contribution in [2.75, 3.05) is 5.32 Å². The van der Waals surface area contributed by atoms with Gasteiger partial charge in [0.2, 0.25) is 10.0 Å². The highest BCUT2D eigenvalue weighted by molar-refractivity contribution is 7.89. The Morgan fingerprint density at radius 2 is 1.44 bits per heavy atom. The van der Waals surface area contributed by atoms with E-state index in [1.54, 1.807) is 58.0 Å². The fourth-order valence-corrected chi connectivity index (χ4v) is 4.20. The van der Waals surface area contributed by atoms with Crippen molar-refractivity contribution < 1.29 is 27.5 Å². The van der Waals surface area contributed by atoms with Crippen molar-refractivity contribution >= 4 is 33.5 Å². The van der Waals surface area contributed by atoms with E-state index in [1.165, 1.54) is 31.2 Å². The molecule has 2 aromatic carbocycles. The lowest BCUT2D eigenvalue weighted by molar-refractivity contribution is -0.156. The van der Waals surface area contributed by atoms with Gasteiger partial charge in [0.25, 0.3) is 11.8 Å². The first-order valence-electron chi connectivity index (χ1n) is 10.9. The second kappa shape index (κ2) is 11.8. The van der Waals surface area contributed by atoms with Gasteiger partial charge in [-0.25, -0.2) is 17.9 Å². The molecule has 34 heavy (non-hydrogen) atoms. The van der Waals surface area contributed by atoms with Gasteiger partial charge in [0.05, 0.1) is 4.90 Å². The van der Waals surface area contributed by atoms with Crippen molar-refractivity contribution in [3.05, 3.63) is 60.2 Å². The Morgan fingerprint density at radius 1 is 0.853 bits per heavy atom. The number of benzene rings is 2. The van der Waals surface area contributed by atoms with Gasteiger partial charge in [-0.3, -0.25) is 9.59 Å². The van der Waals surface area contributed by atoms with E-state index >= 15 is 0 Å². The van der Waals surface area contributed by atoms with Crippen molar-refractivity contribution in [1.82, 2.24) is 10.0 Å². The van der Waals surface area contributed by atoms with Crippen LogP contribution in [0.2, 0.25) is 0 Å². The van der Waals surface area contributed by atoms with Crippen LogP contribution in [0.25, 0.3) is 0 Å². The standard InChI is InChI=1S/C24H31N3O6S/c1-15(2)21(26-23(29)18-9-7-6-8-10-18)24(30)33-17(5)22(28)25-19-11-13-20(14-12-19)34(31,32)27-16(3)4/h6-17,21,27H,1-5H3,(H,25,28)(H,26,29). The van der Waals surface area contributed by atoms with Gasteiger partial charge in [0.15, 0.2) is 6.10 Å². The zero-order valence-electron chi connectivity index (χ0n) is 19.9. The third kappa shape index (κ3) is 7.67. The molecule has 2 amide bonds. The van der Waals surface area contributed by atoms with Gasteiger partial charge in [0, 0.05) is 17.3 Å². The van der Waals surface area contributed by atoms with Crippen LogP contribution in [0.4, 0.5) is 5.69 Å². The Bertz CT molecular complexity index is 1100. The Labute approximate surface area is 200 Å². The zero-order valence-corrected chi connectivity index (χ0v) is 20.7. The molecule has 0 saturated carbocycles. The van der Waals surface area contributed by atoms with E-state index in [2.05, 4.69) is 15.4 Å². The molecule has 0 radical (unpaired) electrons. The summed E-state index contributed by atoms with van der Waals surface area (Å²) in [5.41, 5.74) is 0.745. The fraction of sp³-hybridized carbons (Fsp3) is 0.375. The second-order valence-electron chi connectivity index (χ2n) is 8.43. The first-order chi connectivity index (χ1) is 15.9. The van der Waals surface area contributed by atoms with Crippen molar-refractivity contribution in [1.29, 1.82) is 0 Å². The van der Waals surface area contributed by atoms with E-state index in [0.29, 0.717) is 11.3 Å². The van der Waals surface area contributed by atoms with E-state index in [9.17, 15) is 22.8 Å². The molecule has 0 fully saturated rings. The normalized spacial score (nSPS) is 13.3. The second-order valence-corrected chi connectivity index (χ2v) is 10.1. The summed E-state index contributed by atoms with van der Waals surface area (Å²) < 4.78 is 32.2. The van der Waals surface area contributed by atoms with Crippen LogP contribution in [-0.2, 0) is 24.3 Å². The molecule has 0 aliphatic rings. The van der Waals surface area contributed by atoms with Crippen LogP contribution in [0.15, 0.2) is 59.5 Å². The van der Waals surface area contributed by atoms with Gasteiger partial charge in [-0.15, -0.1) is 0 Å². The maximum atomic E-state index is 12.7. The molecule has 0 aliphatic carbocycles.